The normalized spacial score (nSPS) is 15.8. The second-order valence-corrected chi connectivity index (χ2v) is 8.18. The lowest BCUT2D eigenvalue weighted by atomic mass is 10.2. The molecule has 1 aliphatic rings. The number of hydrogen-bond donors (Lipinski definition) is 1. The topological polar surface area (TPSA) is 104 Å². The Morgan fingerprint density at radius 3 is 1.92 bits per heavy atom. The Balaban J connectivity index is 1.96. The van der Waals surface area contributed by atoms with Crippen molar-refractivity contribution < 1.29 is 27.3 Å². The monoisotopic (exact) mass is 370 g/mol. The smallest absolute Gasteiger partial charge is 0.410 e. The van der Waals surface area contributed by atoms with Crippen molar-refractivity contribution in [2.45, 2.75) is 31.3 Å². The molecule has 2 rings (SSSR count). The summed E-state index contributed by atoms with van der Waals surface area (Å²) in [6.07, 6.45) is -0.405. The van der Waals surface area contributed by atoms with E-state index in [1.165, 1.54) is 24.3 Å². The van der Waals surface area contributed by atoms with E-state index in [9.17, 15) is 18.0 Å². The largest absolute Gasteiger partial charge is 0.444 e. The number of ether oxygens (including phenoxy) is 1. The van der Waals surface area contributed by atoms with E-state index in [1.54, 1.807) is 30.6 Å². The minimum atomic E-state index is -4.28. The molecule has 0 radical (unpaired) electrons. The average Bonchev–Trinajstić information content (AvgIpc) is 2.52. The van der Waals surface area contributed by atoms with Gasteiger partial charge in [0.15, 0.2) is 0 Å². The van der Waals surface area contributed by atoms with Crippen LogP contribution < -0.4 is 0 Å². The number of amides is 2. The summed E-state index contributed by atoms with van der Waals surface area (Å²) in [5, 5.41) is 0. The van der Waals surface area contributed by atoms with Crippen LogP contribution in [0.2, 0.25) is 0 Å². The Morgan fingerprint density at radius 2 is 1.48 bits per heavy atom. The van der Waals surface area contributed by atoms with Crippen molar-refractivity contribution in [2.75, 3.05) is 26.2 Å². The molecule has 9 heteroatoms. The van der Waals surface area contributed by atoms with Crippen LogP contribution >= 0.6 is 0 Å². The fourth-order valence-electron chi connectivity index (χ4n) is 2.37. The van der Waals surface area contributed by atoms with Crippen LogP contribution in [0.25, 0.3) is 0 Å². The van der Waals surface area contributed by atoms with Crippen LogP contribution in [0.3, 0.4) is 0 Å². The molecule has 1 aromatic rings. The van der Waals surface area contributed by atoms with Gasteiger partial charge < -0.3 is 14.5 Å². The number of nitrogens with zero attached hydrogens (tertiary/aromatic N) is 2. The average molecular weight is 370 g/mol. The molecule has 0 aromatic heterocycles. The Labute approximate surface area is 147 Å². The molecule has 2 amide bonds. The molecule has 138 valence electrons. The molecular formula is C16H22N2O6S. The first-order valence-electron chi connectivity index (χ1n) is 7.82. The number of rotatable bonds is 2. The number of benzene rings is 1. The van der Waals surface area contributed by atoms with Gasteiger partial charge in [-0.2, -0.15) is 8.42 Å². The van der Waals surface area contributed by atoms with Crippen LogP contribution in [-0.2, 0) is 14.9 Å². The molecule has 1 aromatic carbocycles. The molecular weight excluding hydrogens is 348 g/mol. The van der Waals surface area contributed by atoms with Gasteiger partial charge in [-0.05, 0) is 45.0 Å². The first kappa shape index (κ1) is 19.2. The van der Waals surface area contributed by atoms with Gasteiger partial charge in [0.05, 0.1) is 4.90 Å². The lowest BCUT2D eigenvalue weighted by molar-refractivity contribution is 0.0141. The molecule has 8 nitrogen and oxygen atoms in total. The summed E-state index contributed by atoms with van der Waals surface area (Å²) in [5.74, 6) is -0.259. The summed E-state index contributed by atoms with van der Waals surface area (Å²) in [4.78, 5) is 27.3. The lowest BCUT2D eigenvalue weighted by Crippen LogP contribution is -2.51. The zero-order chi connectivity index (χ0) is 18.8. The summed E-state index contributed by atoms with van der Waals surface area (Å²) in [7, 11) is -4.28. The van der Waals surface area contributed by atoms with Gasteiger partial charge in [-0.1, -0.05) is 0 Å². The molecule has 1 aliphatic heterocycles. The molecule has 1 fully saturated rings. The third-order valence-corrected chi connectivity index (χ3v) is 4.49. The zero-order valence-electron chi connectivity index (χ0n) is 14.4. The molecule has 25 heavy (non-hydrogen) atoms. The van der Waals surface area contributed by atoms with Crippen molar-refractivity contribution in [2.24, 2.45) is 0 Å². The molecule has 0 spiro atoms. The van der Waals surface area contributed by atoms with Crippen LogP contribution in [0.15, 0.2) is 29.2 Å². The van der Waals surface area contributed by atoms with E-state index < -0.39 is 21.8 Å². The molecule has 0 aliphatic carbocycles. The molecule has 0 atom stereocenters. The Bertz CT molecular complexity index is 744. The van der Waals surface area contributed by atoms with Gasteiger partial charge in [0, 0.05) is 31.7 Å². The minimum Gasteiger partial charge on any atom is -0.444 e. The van der Waals surface area contributed by atoms with Gasteiger partial charge in [-0.15, -0.1) is 0 Å². The van der Waals surface area contributed by atoms with Crippen molar-refractivity contribution in [1.29, 1.82) is 0 Å². The number of carbonyl (C=O) groups excluding carboxylic acids is 2. The van der Waals surface area contributed by atoms with Gasteiger partial charge in [0.25, 0.3) is 16.0 Å². The van der Waals surface area contributed by atoms with E-state index in [4.69, 9.17) is 9.29 Å². The highest BCUT2D eigenvalue weighted by atomic mass is 32.2. The van der Waals surface area contributed by atoms with Gasteiger partial charge in [0.1, 0.15) is 5.60 Å². The molecule has 0 unspecified atom stereocenters. The lowest BCUT2D eigenvalue weighted by Gasteiger charge is -2.35. The SMILES string of the molecule is CC(C)(C)OC(=O)N1CCN(C(=O)c2ccc(S(=O)(=O)O)cc2)CC1. The molecule has 1 N–H and O–H groups in total. The van der Waals surface area contributed by atoms with Crippen LogP contribution in [0.1, 0.15) is 31.1 Å². The van der Waals surface area contributed by atoms with E-state index >= 15 is 0 Å². The zero-order valence-corrected chi connectivity index (χ0v) is 15.2. The fourth-order valence-corrected chi connectivity index (χ4v) is 2.85. The predicted molar refractivity (Wildman–Crippen MR) is 90.0 cm³/mol. The Kier molecular flexibility index (Phi) is 5.38. The van der Waals surface area contributed by atoms with Crippen LogP contribution in [-0.4, -0.2) is 66.6 Å². The molecule has 1 saturated heterocycles. The number of carbonyl (C=O) groups is 2. The first-order chi connectivity index (χ1) is 11.5. The highest BCUT2D eigenvalue weighted by molar-refractivity contribution is 7.85. The second-order valence-electron chi connectivity index (χ2n) is 6.76. The maximum Gasteiger partial charge on any atom is 0.410 e. The predicted octanol–water partition coefficient (Wildman–Crippen LogP) is 1.63. The van der Waals surface area contributed by atoms with E-state index in [1.807, 2.05) is 0 Å². The third-order valence-electron chi connectivity index (χ3n) is 3.62. The van der Waals surface area contributed by atoms with E-state index in [0.717, 1.165) is 0 Å². The second kappa shape index (κ2) is 7.01. The summed E-state index contributed by atoms with van der Waals surface area (Å²) in [5.41, 5.74) is -0.253. The first-order valence-corrected chi connectivity index (χ1v) is 9.26. The quantitative estimate of drug-likeness (QED) is 0.794. The summed E-state index contributed by atoms with van der Waals surface area (Å²) >= 11 is 0. The number of piperazine rings is 1. The standard InChI is InChI=1S/C16H22N2O6S/c1-16(2,3)24-15(20)18-10-8-17(9-11-18)14(19)12-4-6-13(7-5-12)25(21,22)23/h4-7H,8-11H2,1-3H3,(H,21,22,23). The molecule has 0 saturated carbocycles. The molecule has 0 bridgehead atoms. The highest BCUT2D eigenvalue weighted by Crippen LogP contribution is 2.15. The minimum absolute atomic E-state index is 0.259. The van der Waals surface area contributed by atoms with Gasteiger partial charge in [-0.25, -0.2) is 4.79 Å². The van der Waals surface area contributed by atoms with Crippen molar-refractivity contribution in [3.05, 3.63) is 29.8 Å². The van der Waals surface area contributed by atoms with Crippen molar-refractivity contribution in [1.82, 2.24) is 9.80 Å². The Hall–Kier alpha value is -2.13. The van der Waals surface area contributed by atoms with Gasteiger partial charge in [-0.3, -0.25) is 9.35 Å². The van der Waals surface area contributed by atoms with Gasteiger partial charge in [0.2, 0.25) is 0 Å². The van der Waals surface area contributed by atoms with Crippen LogP contribution in [0.5, 0.6) is 0 Å². The van der Waals surface area contributed by atoms with E-state index in [0.29, 0.717) is 31.7 Å². The van der Waals surface area contributed by atoms with Crippen molar-refractivity contribution in [3.8, 4) is 0 Å². The summed E-state index contributed by atoms with van der Waals surface area (Å²) in [6.45, 7) is 6.83. The Morgan fingerprint density at radius 1 is 1.00 bits per heavy atom. The third kappa shape index (κ3) is 5.17. The van der Waals surface area contributed by atoms with Crippen molar-refractivity contribution >= 4 is 22.1 Å². The molecule has 1 heterocycles. The highest BCUT2D eigenvalue weighted by Gasteiger charge is 2.28. The number of hydrogen-bond acceptors (Lipinski definition) is 5. The van der Waals surface area contributed by atoms with Gasteiger partial charge >= 0.3 is 6.09 Å². The maximum atomic E-state index is 12.4. The van der Waals surface area contributed by atoms with E-state index in [2.05, 4.69) is 0 Å². The van der Waals surface area contributed by atoms with E-state index in [-0.39, 0.29) is 10.8 Å². The van der Waals surface area contributed by atoms with Crippen LogP contribution in [0, 0.1) is 0 Å². The van der Waals surface area contributed by atoms with Crippen LogP contribution in [0.4, 0.5) is 4.79 Å². The maximum absolute atomic E-state index is 12.4. The summed E-state index contributed by atoms with van der Waals surface area (Å²) in [6, 6.07) is 5.07. The summed E-state index contributed by atoms with van der Waals surface area (Å²) < 4.78 is 36.3. The fraction of sp³-hybridized carbons (Fsp3) is 0.500. The van der Waals surface area contributed by atoms with Crippen molar-refractivity contribution in [3.63, 3.8) is 0 Å².